The molecule has 0 aliphatic carbocycles. The Morgan fingerprint density at radius 1 is 0.424 bits per heavy atom. The van der Waals surface area contributed by atoms with E-state index in [1.54, 1.807) is 0 Å². The van der Waals surface area contributed by atoms with E-state index in [9.17, 15) is 87.9 Å². The molecular formula is C61H109N13O18. The lowest BCUT2D eigenvalue weighted by molar-refractivity contribution is -0.139. The summed E-state index contributed by atoms with van der Waals surface area (Å²) in [5.74, 6) is -14.9. The molecule has 0 aromatic heterocycles. The second-order valence-electron chi connectivity index (χ2n) is 24.1. The third-order valence-corrected chi connectivity index (χ3v) is 15.6. The molecule has 0 unspecified atom stereocenters. The number of carbonyl (C=O) groups is 13. The van der Waals surface area contributed by atoms with Crippen LogP contribution in [0.25, 0.3) is 0 Å². The van der Waals surface area contributed by atoms with Crippen molar-refractivity contribution in [3.63, 3.8) is 0 Å². The fourth-order valence-corrected chi connectivity index (χ4v) is 10.1. The molecule has 1 fully saturated rings. The van der Waals surface area contributed by atoms with Crippen molar-refractivity contribution < 1.29 is 87.9 Å². The van der Waals surface area contributed by atoms with Gasteiger partial charge in [-0.1, -0.05) is 129 Å². The SMILES string of the molecule is CCCCCCCCCCC[C@@H](O)CC[C@H]1NC(=O)[C@H]([C@@H](C)O)NC(=O)[C@@H]([C@@H](C)O)NC(=O)[C@H](C[C@@H](O)C(N)=O)NC(=O)[C@@H](C)NC(=O)[C@H](CC(N)=O)NC(=O)[C@@H](CC(N)=O)NC(=O)[C@H](CCCCCCC[C@@H](O)CCCCCC)NC(=O)CCNC(=O)CNC1=O. The van der Waals surface area contributed by atoms with Gasteiger partial charge in [-0.15, -0.1) is 0 Å². The highest BCUT2D eigenvalue weighted by Crippen LogP contribution is 2.17. The first-order chi connectivity index (χ1) is 43.5. The van der Waals surface area contributed by atoms with Crippen molar-refractivity contribution in [2.24, 2.45) is 17.2 Å². The molecule has 13 atom stereocenters. The van der Waals surface area contributed by atoms with Crippen LogP contribution in [0, 0.1) is 0 Å². The highest BCUT2D eigenvalue weighted by Gasteiger charge is 2.38. The zero-order chi connectivity index (χ0) is 69.3. The highest BCUT2D eigenvalue weighted by molar-refractivity contribution is 6.00. The number of nitrogens with two attached hydrogens (primary N) is 3. The topological polar surface area (TPSA) is 521 Å². The second-order valence-corrected chi connectivity index (χ2v) is 24.1. The number of rotatable bonds is 35. The van der Waals surface area contributed by atoms with Gasteiger partial charge in [0.15, 0.2) is 0 Å². The van der Waals surface area contributed by atoms with Crippen LogP contribution in [0.2, 0.25) is 0 Å². The van der Waals surface area contributed by atoms with Gasteiger partial charge in [-0.2, -0.15) is 0 Å². The Labute approximate surface area is 539 Å². The maximum absolute atomic E-state index is 14.1. The Balaban J connectivity index is 3.76. The van der Waals surface area contributed by atoms with Crippen molar-refractivity contribution in [1.82, 2.24) is 53.2 Å². The van der Waals surface area contributed by atoms with E-state index in [4.69, 9.17) is 17.2 Å². The van der Waals surface area contributed by atoms with Gasteiger partial charge in [-0.3, -0.25) is 62.3 Å². The lowest BCUT2D eigenvalue weighted by Crippen LogP contribution is -2.63. The number of primary amides is 3. The molecule has 92 heavy (non-hydrogen) atoms. The summed E-state index contributed by atoms with van der Waals surface area (Å²) in [5.41, 5.74) is 16.1. The molecular weight excluding hydrogens is 1200 g/mol. The summed E-state index contributed by atoms with van der Waals surface area (Å²) in [6, 6.07) is -14.4. The van der Waals surface area contributed by atoms with Gasteiger partial charge in [0, 0.05) is 19.4 Å². The third-order valence-electron chi connectivity index (χ3n) is 15.6. The summed E-state index contributed by atoms with van der Waals surface area (Å²) in [6.45, 7) is 6.36. The second kappa shape index (κ2) is 46.9. The summed E-state index contributed by atoms with van der Waals surface area (Å²) < 4.78 is 0. The van der Waals surface area contributed by atoms with Crippen LogP contribution in [0.1, 0.15) is 214 Å². The third kappa shape index (κ3) is 36.2. The lowest BCUT2D eigenvalue weighted by Gasteiger charge is -2.29. The largest absolute Gasteiger partial charge is 0.393 e. The predicted molar refractivity (Wildman–Crippen MR) is 337 cm³/mol. The first-order valence-electron chi connectivity index (χ1n) is 32.7. The van der Waals surface area contributed by atoms with E-state index in [2.05, 4.69) is 67.0 Å². The minimum atomic E-state index is -2.15. The first-order valence-corrected chi connectivity index (χ1v) is 32.7. The normalized spacial score (nSPS) is 23.5. The van der Waals surface area contributed by atoms with E-state index < -0.39 is 188 Å². The van der Waals surface area contributed by atoms with Gasteiger partial charge in [-0.25, -0.2) is 0 Å². The first kappa shape index (κ1) is 82.9. The van der Waals surface area contributed by atoms with E-state index in [0.29, 0.717) is 44.9 Å². The van der Waals surface area contributed by atoms with Crippen molar-refractivity contribution in [3.05, 3.63) is 0 Å². The molecule has 31 nitrogen and oxygen atoms in total. The summed E-state index contributed by atoms with van der Waals surface area (Å²) in [7, 11) is 0. The fraction of sp³-hybridized carbons (Fsp3) is 0.787. The van der Waals surface area contributed by atoms with Crippen LogP contribution in [0.5, 0.6) is 0 Å². The van der Waals surface area contributed by atoms with E-state index in [1.165, 1.54) is 12.8 Å². The van der Waals surface area contributed by atoms with Gasteiger partial charge >= 0.3 is 0 Å². The minimum absolute atomic E-state index is 0.0168. The maximum atomic E-state index is 14.1. The Bertz CT molecular complexity index is 2350. The number of amides is 13. The van der Waals surface area contributed by atoms with Gasteiger partial charge in [0.25, 0.3) is 0 Å². The molecule has 0 bridgehead atoms. The number of hydrogen-bond donors (Lipinski definition) is 18. The Morgan fingerprint density at radius 3 is 1.30 bits per heavy atom. The van der Waals surface area contributed by atoms with Crippen molar-refractivity contribution >= 4 is 76.8 Å². The van der Waals surface area contributed by atoms with Crippen LogP contribution in [0.3, 0.4) is 0 Å². The average molecular weight is 1310 g/mol. The van der Waals surface area contributed by atoms with Gasteiger partial charge < -0.3 is 95.9 Å². The van der Waals surface area contributed by atoms with E-state index >= 15 is 0 Å². The molecule has 1 aliphatic heterocycles. The molecule has 0 aromatic carbocycles. The van der Waals surface area contributed by atoms with E-state index in [1.807, 2.05) is 0 Å². The quantitative estimate of drug-likeness (QED) is 0.0289. The standard InChI is InChI=1S/C61H109N13O18/c1-6-8-10-12-13-14-15-17-22-26-40(78)28-29-42-55(86)66-35-50(83)65-31-30-49(82)68-41(27-23-19-16-18-21-25-39(77)24-20-11-9-7-2)56(87)71-45(34-48(63)81)58(89)72-44(33-47(62)80)57(88)67-36(3)54(85)70-43(32-46(79)53(64)84)59(90)73-52(38(5)76)61(92)74-51(37(4)75)60(91)69-42/h36-46,51-52,75-79H,6-35H2,1-5H3,(H2,62,80)(H2,63,81)(H2,64,84)(H,65,83)(H,66,86)(H,67,88)(H,68,82)(H,69,91)(H,70,85)(H,71,87)(H,72,89)(H,73,90)(H,74,92)/t36-,37-,38-,39+,40-,41+,42-,43+,44+,45-,46-,51+,52-/m1/s1. The maximum Gasteiger partial charge on any atom is 0.246 e. The monoisotopic (exact) mass is 1310 g/mol. The van der Waals surface area contributed by atoms with Crippen LogP contribution in [0.15, 0.2) is 0 Å². The fourth-order valence-electron chi connectivity index (χ4n) is 10.1. The average Bonchev–Trinajstić information content (AvgIpc) is 0.939. The molecule has 13 amide bonds. The summed E-state index contributed by atoms with van der Waals surface area (Å²) in [5, 5.41) is 76.6. The van der Waals surface area contributed by atoms with Crippen molar-refractivity contribution in [2.45, 2.75) is 293 Å². The number of unbranched alkanes of at least 4 members (excludes halogenated alkanes) is 15. The number of aliphatic hydroxyl groups is 5. The highest BCUT2D eigenvalue weighted by atomic mass is 16.3. The van der Waals surface area contributed by atoms with Crippen molar-refractivity contribution in [2.75, 3.05) is 13.1 Å². The smallest absolute Gasteiger partial charge is 0.246 e. The molecule has 0 aromatic rings. The molecule has 0 saturated carbocycles. The van der Waals surface area contributed by atoms with Crippen LogP contribution in [0.4, 0.5) is 0 Å². The van der Waals surface area contributed by atoms with Gasteiger partial charge in [0.05, 0.1) is 43.8 Å². The van der Waals surface area contributed by atoms with Gasteiger partial charge in [-0.05, 0) is 59.3 Å². The molecule has 1 aliphatic rings. The van der Waals surface area contributed by atoms with E-state index in [0.717, 1.165) is 97.8 Å². The van der Waals surface area contributed by atoms with Crippen LogP contribution in [-0.2, 0) is 62.3 Å². The van der Waals surface area contributed by atoms with Gasteiger partial charge in [0.2, 0.25) is 76.8 Å². The predicted octanol–water partition coefficient (Wildman–Crippen LogP) is -2.61. The Kier molecular flexibility index (Phi) is 42.3. The molecule has 1 saturated heterocycles. The van der Waals surface area contributed by atoms with Crippen LogP contribution >= 0.6 is 0 Å². The zero-order valence-corrected chi connectivity index (χ0v) is 54.5. The molecule has 0 radical (unpaired) electrons. The zero-order valence-electron chi connectivity index (χ0n) is 54.5. The molecule has 0 spiro atoms. The van der Waals surface area contributed by atoms with E-state index in [-0.39, 0.29) is 25.8 Å². The molecule has 526 valence electrons. The van der Waals surface area contributed by atoms with Crippen molar-refractivity contribution in [1.29, 1.82) is 0 Å². The number of nitrogens with one attached hydrogen (secondary N) is 10. The summed E-state index contributed by atoms with van der Waals surface area (Å²) in [4.78, 5) is 175. The number of carbonyl (C=O) groups excluding carboxylic acids is 13. The van der Waals surface area contributed by atoms with Crippen LogP contribution in [-0.4, -0.2) is 194 Å². The number of hydrogen-bond acceptors (Lipinski definition) is 18. The van der Waals surface area contributed by atoms with Gasteiger partial charge in [0.1, 0.15) is 54.4 Å². The Hall–Kier alpha value is -7.09. The summed E-state index contributed by atoms with van der Waals surface area (Å²) >= 11 is 0. The van der Waals surface area contributed by atoms with Crippen LogP contribution < -0.4 is 70.4 Å². The van der Waals surface area contributed by atoms with Crippen molar-refractivity contribution in [3.8, 4) is 0 Å². The molecule has 1 rings (SSSR count). The number of aliphatic hydroxyl groups excluding tert-OH is 5. The lowest BCUT2D eigenvalue weighted by atomic mass is 10.0. The molecule has 31 heteroatoms. The Morgan fingerprint density at radius 2 is 0.815 bits per heavy atom. The molecule has 1 heterocycles. The molecule has 21 N–H and O–H groups in total. The summed E-state index contributed by atoms with van der Waals surface area (Å²) in [6.07, 6.45) is 7.57. The minimum Gasteiger partial charge on any atom is -0.393 e.